The lowest BCUT2D eigenvalue weighted by Crippen LogP contribution is -2.23. The maximum absolute atomic E-state index is 12.2. The molecule has 3 N–H and O–H groups in total. The van der Waals surface area contributed by atoms with Crippen LogP contribution in [-0.4, -0.2) is 39.2 Å². The molecule has 9 nitrogen and oxygen atoms in total. The van der Waals surface area contributed by atoms with Crippen molar-refractivity contribution < 1.29 is 18.3 Å². The number of aromatic amines is 1. The van der Waals surface area contributed by atoms with E-state index in [4.69, 9.17) is 5.11 Å². The van der Waals surface area contributed by atoms with Gasteiger partial charge in [-0.2, -0.15) is 5.10 Å². The number of sulfonamides is 1. The van der Waals surface area contributed by atoms with Gasteiger partial charge in [-0.15, -0.1) is 0 Å². The van der Waals surface area contributed by atoms with E-state index in [9.17, 15) is 13.2 Å². The normalized spacial score (nSPS) is 11.9. The Morgan fingerprint density at radius 3 is 2.88 bits per heavy atom. The Kier molecular flexibility index (Phi) is 4.08. The Morgan fingerprint density at radius 2 is 2.21 bits per heavy atom. The zero-order chi connectivity index (χ0) is 17.3. The van der Waals surface area contributed by atoms with Crippen molar-refractivity contribution in [2.75, 3.05) is 0 Å². The number of rotatable bonds is 6. The van der Waals surface area contributed by atoms with E-state index < -0.39 is 16.0 Å². The van der Waals surface area contributed by atoms with E-state index in [-0.39, 0.29) is 17.0 Å². The van der Waals surface area contributed by atoms with E-state index in [1.165, 1.54) is 29.2 Å². The first-order valence-corrected chi connectivity index (χ1v) is 8.61. The number of nitrogens with zero attached hydrogens (tertiary/aromatic N) is 3. The predicted molar refractivity (Wildman–Crippen MR) is 85.0 cm³/mol. The van der Waals surface area contributed by atoms with Crippen LogP contribution in [0.2, 0.25) is 0 Å². The molecule has 126 valence electrons. The van der Waals surface area contributed by atoms with E-state index in [2.05, 4.69) is 19.8 Å². The van der Waals surface area contributed by atoms with E-state index >= 15 is 0 Å². The molecule has 0 aliphatic carbocycles. The van der Waals surface area contributed by atoms with Gasteiger partial charge in [-0.25, -0.2) is 22.9 Å². The first kappa shape index (κ1) is 16.1. The number of carboxylic acids is 1. The minimum Gasteiger partial charge on any atom is -0.478 e. The van der Waals surface area contributed by atoms with Crippen LogP contribution in [0.5, 0.6) is 0 Å². The zero-order valence-electron chi connectivity index (χ0n) is 12.7. The highest BCUT2D eigenvalue weighted by Gasteiger charge is 2.17. The Labute approximate surface area is 137 Å². The lowest BCUT2D eigenvalue weighted by Gasteiger charge is -2.02. The number of hydrogen-bond acceptors (Lipinski definition) is 5. The summed E-state index contributed by atoms with van der Waals surface area (Å²) < 4.78 is 28.4. The summed E-state index contributed by atoms with van der Waals surface area (Å²) in [7, 11) is -3.69. The fourth-order valence-electron chi connectivity index (χ4n) is 2.18. The third kappa shape index (κ3) is 3.14. The summed E-state index contributed by atoms with van der Waals surface area (Å²) in [4.78, 5) is 18.2. The van der Waals surface area contributed by atoms with Crippen LogP contribution in [0, 0.1) is 0 Å². The van der Waals surface area contributed by atoms with Gasteiger partial charge in [-0.3, -0.25) is 4.68 Å². The van der Waals surface area contributed by atoms with E-state index in [0.717, 1.165) is 0 Å². The average molecular weight is 349 g/mol. The second kappa shape index (κ2) is 6.06. The number of benzene rings is 1. The summed E-state index contributed by atoms with van der Waals surface area (Å²) in [5, 5.41) is 12.9. The fraction of sp³-hybridized carbons (Fsp3) is 0.214. The molecule has 0 fully saturated rings. The van der Waals surface area contributed by atoms with Crippen LogP contribution >= 0.6 is 0 Å². The maximum atomic E-state index is 12.2. The molecular weight excluding hydrogens is 334 g/mol. The third-order valence-electron chi connectivity index (χ3n) is 3.45. The van der Waals surface area contributed by atoms with Gasteiger partial charge in [-0.05, 0) is 25.1 Å². The van der Waals surface area contributed by atoms with Gasteiger partial charge in [0, 0.05) is 12.7 Å². The summed E-state index contributed by atoms with van der Waals surface area (Å²) in [6.45, 7) is 2.39. The molecule has 0 aliphatic rings. The molecule has 0 unspecified atom stereocenters. The number of aromatic carboxylic acids is 1. The molecule has 2 heterocycles. The molecule has 0 radical (unpaired) electrons. The minimum atomic E-state index is -3.69. The smallest absolute Gasteiger partial charge is 0.335 e. The monoisotopic (exact) mass is 349 g/mol. The number of carbonyl (C=O) groups is 1. The molecule has 0 spiro atoms. The Morgan fingerprint density at radius 1 is 1.42 bits per heavy atom. The van der Waals surface area contributed by atoms with Crippen molar-refractivity contribution in [1.29, 1.82) is 0 Å². The van der Waals surface area contributed by atoms with Gasteiger partial charge in [-0.1, -0.05) is 0 Å². The van der Waals surface area contributed by atoms with Crippen molar-refractivity contribution in [3.63, 3.8) is 0 Å². The van der Waals surface area contributed by atoms with Gasteiger partial charge in [0.15, 0.2) is 0 Å². The number of nitrogens with one attached hydrogen (secondary N) is 2. The SMILES string of the molecule is CCn1cc(S(=O)(=O)NCc2nc3ccc(C(=O)O)cc3[nH]2)cn1. The average Bonchev–Trinajstić information content (AvgIpc) is 3.18. The first-order chi connectivity index (χ1) is 11.4. The van der Waals surface area contributed by atoms with Crippen molar-refractivity contribution in [3.05, 3.63) is 42.0 Å². The van der Waals surface area contributed by atoms with Crippen LogP contribution in [-0.2, 0) is 23.1 Å². The van der Waals surface area contributed by atoms with E-state index in [1.54, 1.807) is 6.07 Å². The van der Waals surface area contributed by atoms with Crippen LogP contribution in [0.4, 0.5) is 0 Å². The van der Waals surface area contributed by atoms with Crippen LogP contribution in [0.1, 0.15) is 23.1 Å². The number of carboxylic acid groups (broad SMARTS) is 1. The largest absolute Gasteiger partial charge is 0.478 e. The van der Waals surface area contributed by atoms with Gasteiger partial charge in [0.1, 0.15) is 10.7 Å². The first-order valence-electron chi connectivity index (χ1n) is 7.13. The molecule has 0 bridgehead atoms. The van der Waals surface area contributed by atoms with Gasteiger partial charge in [0.25, 0.3) is 0 Å². The highest BCUT2D eigenvalue weighted by atomic mass is 32.2. The third-order valence-corrected chi connectivity index (χ3v) is 4.81. The summed E-state index contributed by atoms with van der Waals surface area (Å²) in [5.74, 6) is -0.652. The van der Waals surface area contributed by atoms with Gasteiger partial charge < -0.3 is 10.1 Å². The Balaban J connectivity index is 1.78. The summed E-state index contributed by atoms with van der Waals surface area (Å²) in [5.41, 5.74) is 1.22. The van der Waals surface area contributed by atoms with Crippen LogP contribution in [0.15, 0.2) is 35.5 Å². The van der Waals surface area contributed by atoms with Crippen LogP contribution in [0.25, 0.3) is 11.0 Å². The Bertz CT molecular complexity index is 1010. The van der Waals surface area contributed by atoms with Crippen LogP contribution < -0.4 is 4.72 Å². The van der Waals surface area contributed by atoms with E-state index in [0.29, 0.717) is 23.4 Å². The molecule has 1 aromatic carbocycles. The van der Waals surface area contributed by atoms with Crippen molar-refractivity contribution in [2.24, 2.45) is 0 Å². The standard InChI is InChI=1S/C14H15N5O4S/c1-2-19-8-10(6-15-19)24(22,23)16-7-13-17-11-4-3-9(14(20)21)5-12(11)18-13/h3-6,8,16H,2,7H2,1H3,(H,17,18)(H,20,21). The van der Waals surface area contributed by atoms with Crippen LogP contribution in [0.3, 0.4) is 0 Å². The lowest BCUT2D eigenvalue weighted by atomic mass is 10.2. The number of hydrogen-bond donors (Lipinski definition) is 3. The summed E-state index contributed by atoms with van der Waals surface area (Å²) in [6.07, 6.45) is 2.73. The van der Waals surface area contributed by atoms with Gasteiger partial charge in [0.2, 0.25) is 10.0 Å². The van der Waals surface area contributed by atoms with Crippen molar-refractivity contribution in [1.82, 2.24) is 24.5 Å². The quantitative estimate of drug-likeness (QED) is 0.607. The Hall–Kier alpha value is -2.72. The molecular formula is C14H15N5O4S. The lowest BCUT2D eigenvalue weighted by molar-refractivity contribution is 0.0697. The second-order valence-electron chi connectivity index (χ2n) is 5.08. The molecule has 0 aliphatic heterocycles. The number of imidazole rings is 1. The van der Waals surface area contributed by atoms with Gasteiger partial charge >= 0.3 is 5.97 Å². The molecule has 3 rings (SSSR count). The zero-order valence-corrected chi connectivity index (χ0v) is 13.5. The highest BCUT2D eigenvalue weighted by Crippen LogP contribution is 2.14. The van der Waals surface area contributed by atoms with Crippen molar-refractivity contribution in [2.45, 2.75) is 24.9 Å². The van der Waals surface area contributed by atoms with E-state index in [1.807, 2.05) is 6.92 Å². The predicted octanol–water partition coefficient (Wildman–Crippen LogP) is 0.956. The molecule has 0 saturated carbocycles. The van der Waals surface area contributed by atoms with Crippen molar-refractivity contribution in [3.8, 4) is 0 Å². The topological polar surface area (TPSA) is 130 Å². The van der Waals surface area contributed by atoms with Crippen molar-refractivity contribution >= 4 is 27.0 Å². The molecule has 0 atom stereocenters. The summed E-state index contributed by atoms with van der Waals surface area (Å²) >= 11 is 0. The van der Waals surface area contributed by atoms with Gasteiger partial charge in [0.05, 0.1) is 29.3 Å². The second-order valence-corrected chi connectivity index (χ2v) is 6.84. The highest BCUT2D eigenvalue weighted by molar-refractivity contribution is 7.89. The molecule has 2 aromatic heterocycles. The number of aromatic nitrogens is 4. The molecule has 3 aromatic rings. The molecule has 10 heteroatoms. The number of fused-ring (bicyclic) bond motifs is 1. The summed E-state index contributed by atoms with van der Waals surface area (Å²) in [6, 6.07) is 4.46. The number of aryl methyl sites for hydroxylation is 1. The molecule has 0 amide bonds. The maximum Gasteiger partial charge on any atom is 0.335 e. The fourth-order valence-corrected chi connectivity index (χ4v) is 3.12. The molecule has 0 saturated heterocycles. The molecule has 24 heavy (non-hydrogen) atoms. The minimum absolute atomic E-state index is 0.0449. The number of H-pyrrole nitrogens is 1.